The average molecular weight is 295 g/mol. The second-order valence-corrected chi connectivity index (χ2v) is 4.58. The summed E-state index contributed by atoms with van der Waals surface area (Å²) in [4.78, 5) is 34.8. The summed E-state index contributed by atoms with van der Waals surface area (Å²) in [5.41, 5.74) is -1.75. The smallest absolute Gasteiger partial charge is 0.341 e. The zero-order valence-electron chi connectivity index (χ0n) is 10.5. The van der Waals surface area contributed by atoms with Crippen LogP contribution in [-0.4, -0.2) is 21.6 Å². The van der Waals surface area contributed by atoms with Crippen molar-refractivity contribution in [3.05, 3.63) is 39.7 Å². The molecule has 0 fully saturated rings. The van der Waals surface area contributed by atoms with Crippen molar-refractivity contribution in [2.75, 3.05) is 0 Å². The van der Waals surface area contributed by atoms with E-state index in [0.29, 0.717) is 6.07 Å². The highest BCUT2D eigenvalue weighted by atomic mass is 19.2. The number of aromatic nitrogens is 1. The Kier molecular flexibility index (Phi) is 2.59. The number of hydrogen-bond acceptors (Lipinski definition) is 4. The first-order valence-electron chi connectivity index (χ1n) is 5.84. The fourth-order valence-corrected chi connectivity index (χ4v) is 2.28. The molecule has 1 aromatic heterocycles. The maximum Gasteiger partial charge on any atom is 0.341 e. The van der Waals surface area contributed by atoms with E-state index in [2.05, 4.69) is 0 Å². The lowest BCUT2D eigenvalue weighted by molar-refractivity contribution is -0.138. The highest BCUT2D eigenvalue weighted by molar-refractivity contribution is 5.97. The quantitative estimate of drug-likeness (QED) is 0.636. The first-order valence-corrected chi connectivity index (χ1v) is 5.84. The van der Waals surface area contributed by atoms with Gasteiger partial charge in [-0.1, -0.05) is 0 Å². The Morgan fingerprint density at radius 2 is 2.05 bits per heavy atom. The van der Waals surface area contributed by atoms with E-state index in [4.69, 9.17) is 9.84 Å². The first-order chi connectivity index (χ1) is 9.82. The van der Waals surface area contributed by atoms with Crippen LogP contribution >= 0.6 is 0 Å². The molecule has 0 radical (unpaired) electrons. The third kappa shape index (κ3) is 1.65. The molecule has 0 aliphatic carbocycles. The standard InChI is InChI=1S/C13H7F2NO5/c1-4-13(20)21-11-8(15)7(14)2-5-9(11)16(4)3-6(10(5)17)12(18)19/h2-4H,1H3,(H,18,19)/t4-/m0/s1. The van der Waals surface area contributed by atoms with Crippen molar-refractivity contribution in [2.24, 2.45) is 0 Å². The van der Waals surface area contributed by atoms with Gasteiger partial charge in [-0.25, -0.2) is 14.0 Å². The highest BCUT2D eigenvalue weighted by Gasteiger charge is 2.32. The lowest BCUT2D eigenvalue weighted by Gasteiger charge is -2.25. The predicted octanol–water partition coefficient (Wildman–Crippen LogP) is 1.46. The minimum Gasteiger partial charge on any atom is -0.477 e. The van der Waals surface area contributed by atoms with Crippen molar-refractivity contribution in [1.29, 1.82) is 0 Å². The maximum absolute atomic E-state index is 13.8. The molecule has 8 heteroatoms. The van der Waals surface area contributed by atoms with E-state index in [0.717, 1.165) is 10.8 Å². The first kappa shape index (κ1) is 13.2. The van der Waals surface area contributed by atoms with Gasteiger partial charge in [-0.15, -0.1) is 0 Å². The van der Waals surface area contributed by atoms with Crippen LogP contribution in [0.15, 0.2) is 17.1 Å². The second-order valence-electron chi connectivity index (χ2n) is 4.58. The molecule has 1 N–H and O–H groups in total. The van der Waals surface area contributed by atoms with Gasteiger partial charge in [0, 0.05) is 6.20 Å². The number of benzene rings is 1. The van der Waals surface area contributed by atoms with Crippen molar-refractivity contribution in [2.45, 2.75) is 13.0 Å². The topological polar surface area (TPSA) is 85.6 Å². The molecular weight excluding hydrogens is 288 g/mol. The van der Waals surface area contributed by atoms with Crippen LogP contribution in [0.5, 0.6) is 5.75 Å². The number of hydrogen-bond donors (Lipinski definition) is 1. The summed E-state index contributed by atoms with van der Waals surface area (Å²) >= 11 is 0. The van der Waals surface area contributed by atoms with Gasteiger partial charge in [-0.3, -0.25) is 4.79 Å². The number of esters is 1. The number of carbonyl (C=O) groups excluding carboxylic acids is 1. The Morgan fingerprint density at radius 3 is 2.67 bits per heavy atom. The van der Waals surface area contributed by atoms with E-state index in [1.54, 1.807) is 0 Å². The molecule has 1 aliphatic heterocycles. The summed E-state index contributed by atoms with van der Waals surface area (Å²) in [6.07, 6.45) is 0.929. The van der Waals surface area contributed by atoms with Crippen molar-refractivity contribution < 1.29 is 28.2 Å². The molecule has 0 bridgehead atoms. The summed E-state index contributed by atoms with van der Waals surface area (Å²) < 4.78 is 33.1. The number of carboxylic acids is 1. The van der Waals surface area contributed by atoms with Crippen LogP contribution in [0.1, 0.15) is 23.3 Å². The molecule has 2 heterocycles. The van der Waals surface area contributed by atoms with Crippen molar-refractivity contribution in [3.8, 4) is 5.75 Å². The van der Waals surface area contributed by atoms with E-state index >= 15 is 0 Å². The Morgan fingerprint density at radius 1 is 1.38 bits per heavy atom. The molecule has 1 aromatic carbocycles. The number of pyridine rings is 1. The predicted molar refractivity (Wildman–Crippen MR) is 65.4 cm³/mol. The van der Waals surface area contributed by atoms with Crippen molar-refractivity contribution >= 4 is 22.8 Å². The fraction of sp³-hybridized carbons (Fsp3) is 0.154. The van der Waals surface area contributed by atoms with E-state index in [9.17, 15) is 23.2 Å². The maximum atomic E-state index is 13.8. The van der Waals surface area contributed by atoms with Crippen molar-refractivity contribution in [1.82, 2.24) is 4.57 Å². The molecule has 0 saturated heterocycles. The van der Waals surface area contributed by atoms with Gasteiger partial charge in [0.25, 0.3) is 0 Å². The van der Waals surface area contributed by atoms with E-state index in [1.807, 2.05) is 0 Å². The summed E-state index contributed by atoms with van der Waals surface area (Å²) in [5, 5.41) is 8.65. The van der Waals surface area contributed by atoms with Crippen LogP contribution in [-0.2, 0) is 4.79 Å². The zero-order chi connectivity index (χ0) is 15.5. The molecule has 2 aromatic rings. The summed E-state index contributed by atoms with van der Waals surface area (Å²) in [5.74, 6) is -5.91. The monoisotopic (exact) mass is 295 g/mol. The van der Waals surface area contributed by atoms with Gasteiger partial charge in [-0.2, -0.15) is 4.39 Å². The van der Waals surface area contributed by atoms with Crippen LogP contribution in [0.2, 0.25) is 0 Å². The van der Waals surface area contributed by atoms with Crippen LogP contribution in [0.25, 0.3) is 10.9 Å². The van der Waals surface area contributed by atoms with Crippen molar-refractivity contribution in [3.63, 3.8) is 0 Å². The van der Waals surface area contributed by atoms with Crippen LogP contribution in [0, 0.1) is 11.6 Å². The Hall–Kier alpha value is -2.77. The number of carboxylic acid groups (broad SMARTS) is 1. The lowest BCUT2D eigenvalue weighted by atomic mass is 10.1. The Balaban J connectivity index is 2.59. The summed E-state index contributed by atoms with van der Waals surface area (Å²) in [6, 6.07) is -0.366. The normalized spacial score (nSPS) is 16.9. The minimum atomic E-state index is -1.52. The third-order valence-electron chi connectivity index (χ3n) is 3.36. The molecule has 0 amide bonds. The van der Waals surface area contributed by atoms with Gasteiger partial charge in [-0.05, 0) is 13.0 Å². The van der Waals surface area contributed by atoms with Gasteiger partial charge in [0.2, 0.25) is 11.2 Å². The lowest BCUT2D eigenvalue weighted by Crippen LogP contribution is -2.31. The fourth-order valence-electron chi connectivity index (χ4n) is 2.28. The van der Waals surface area contributed by atoms with Gasteiger partial charge in [0.15, 0.2) is 11.6 Å². The van der Waals surface area contributed by atoms with E-state index < -0.39 is 46.4 Å². The number of ether oxygens (including phenoxy) is 1. The zero-order valence-corrected chi connectivity index (χ0v) is 10.5. The number of rotatable bonds is 1. The molecule has 1 atom stereocenters. The number of aromatic carboxylic acids is 1. The molecule has 0 spiro atoms. The molecule has 6 nitrogen and oxygen atoms in total. The van der Waals surface area contributed by atoms with Gasteiger partial charge >= 0.3 is 11.9 Å². The number of halogens is 2. The molecular formula is C13H7F2NO5. The van der Waals surface area contributed by atoms with Crippen LogP contribution in [0.4, 0.5) is 8.78 Å². The van der Waals surface area contributed by atoms with E-state index in [1.165, 1.54) is 6.92 Å². The molecule has 21 heavy (non-hydrogen) atoms. The van der Waals surface area contributed by atoms with Crippen LogP contribution in [0.3, 0.4) is 0 Å². The SMILES string of the molecule is C[C@H]1C(=O)Oc2c(F)c(F)cc3c(=O)c(C(=O)O)cn1c23. The molecule has 108 valence electrons. The van der Waals surface area contributed by atoms with E-state index in [-0.39, 0.29) is 10.9 Å². The third-order valence-corrected chi connectivity index (χ3v) is 3.36. The summed E-state index contributed by atoms with van der Waals surface area (Å²) in [6.45, 7) is 1.39. The largest absolute Gasteiger partial charge is 0.477 e. The average Bonchev–Trinajstić information content (AvgIpc) is 2.42. The highest BCUT2D eigenvalue weighted by Crippen LogP contribution is 2.35. The van der Waals surface area contributed by atoms with Gasteiger partial charge < -0.3 is 14.4 Å². The van der Waals surface area contributed by atoms with Crippen LogP contribution < -0.4 is 10.2 Å². The summed E-state index contributed by atoms with van der Waals surface area (Å²) in [7, 11) is 0. The number of carbonyl (C=O) groups is 2. The number of nitrogens with zero attached hydrogens (tertiary/aromatic N) is 1. The second kappa shape index (κ2) is 4.11. The Bertz CT molecular complexity index is 886. The minimum absolute atomic E-state index is 0.143. The molecule has 0 unspecified atom stereocenters. The molecule has 3 rings (SSSR count). The molecule has 1 aliphatic rings. The van der Waals surface area contributed by atoms with Gasteiger partial charge in [0.05, 0.1) is 10.9 Å². The van der Waals surface area contributed by atoms with Gasteiger partial charge in [0.1, 0.15) is 11.6 Å². The molecule has 0 saturated carbocycles. The Labute approximate surface area is 115 Å².